The van der Waals surface area contributed by atoms with Crippen molar-refractivity contribution in [2.24, 2.45) is 0 Å². The molecule has 4 heteroatoms. The van der Waals surface area contributed by atoms with Gasteiger partial charge in [0.05, 0.1) is 28.8 Å². The predicted molar refractivity (Wildman–Crippen MR) is 182 cm³/mol. The summed E-state index contributed by atoms with van der Waals surface area (Å²) in [6.07, 6.45) is 5.20. The molecule has 0 bridgehead atoms. The molecule has 0 spiro atoms. The Morgan fingerprint density at radius 3 is 2.11 bits per heavy atom. The van der Waals surface area contributed by atoms with Crippen molar-refractivity contribution in [3.63, 3.8) is 0 Å². The first-order valence-corrected chi connectivity index (χ1v) is 15.4. The molecule has 0 aliphatic carbocycles. The van der Waals surface area contributed by atoms with E-state index >= 15 is 0 Å². The maximum Gasteiger partial charge on any atom is 0.209 e. The summed E-state index contributed by atoms with van der Waals surface area (Å²) >= 11 is 0. The molecule has 0 N–H and O–H groups in total. The van der Waals surface area contributed by atoms with Crippen LogP contribution in [0, 0.1) is 0 Å². The SMILES string of the molecule is C[N+]1=CCc2c(-c3ccc4c(c3)N(c3cccc(-n5c6ccccc6c6ccccc65)n3)c3ccccc3CC4)cccc21. The lowest BCUT2D eigenvalue weighted by Crippen LogP contribution is -2.14. The third kappa shape index (κ3) is 3.77. The molecule has 0 saturated carbocycles. The van der Waals surface area contributed by atoms with Crippen LogP contribution in [-0.2, 0) is 19.3 Å². The zero-order valence-electron chi connectivity index (χ0n) is 24.6. The lowest BCUT2D eigenvalue weighted by molar-refractivity contribution is -0.396. The van der Waals surface area contributed by atoms with Crippen LogP contribution in [0.2, 0.25) is 0 Å². The quantitative estimate of drug-likeness (QED) is 0.199. The van der Waals surface area contributed by atoms with E-state index in [-0.39, 0.29) is 0 Å². The highest BCUT2D eigenvalue weighted by Crippen LogP contribution is 2.44. The summed E-state index contributed by atoms with van der Waals surface area (Å²) in [5.74, 6) is 1.84. The number of para-hydroxylation sites is 3. The third-order valence-electron chi connectivity index (χ3n) is 9.39. The Kier molecular flexibility index (Phi) is 5.57. The number of rotatable bonds is 3. The van der Waals surface area contributed by atoms with Gasteiger partial charge in [-0.15, -0.1) is 0 Å². The van der Waals surface area contributed by atoms with Crippen LogP contribution in [0.5, 0.6) is 0 Å². The van der Waals surface area contributed by atoms with Gasteiger partial charge in [-0.1, -0.05) is 84.9 Å². The molecule has 44 heavy (non-hydrogen) atoms. The van der Waals surface area contributed by atoms with Crippen LogP contribution in [0.1, 0.15) is 16.7 Å². The number of benzene rings is 5. The van der Waals surface area contributed by atoms with E-state index in [4.69, 9.17) is 4.98 Å². The average molecular weight is 568 g/mol. The number of fused-ring (bicyclic) bond motifs is 6. The first-order chi connectivity index (χ1) is 21.7. The highest BCUT2D eigenvalue weighted by atomic mass is 15.2. The average Bonchev–Trinajstić information content (AvgIpc) is 3.57. The topological polar surface area (TPSA) is 24.1 Å². The molecular weight excluding hydrogens is 536 g/mol. The van der Waals surface area contributed by atoms with Crippen LogP contribution in [0.15, 0.2) is 127 Å². The molecule has 7 aromatic rings. The molecule has 0 saturated heterocycles. The van der Waals surface area contributed by atoms with Crippen molar-refractivity contribution in [2.75, 3.05) is 11.9 Å². The second-order valence-corrected chi connectivity index (χ2v) is 11.8. The predicted octanol–water partition coefficient (Wildman–Crippen LogP) is 9.31. The Bertz CT molecular complexity index is 2240. The van der Waals surface area contributed by atoms with Gasteiger partial charge >= 0.3 is 0 Å². The molecule has 4 nitrogen and oxygen atoms in total. The van der Waals surface area contributed by atoms with E-state index in [0.717, 1.165) is 41.9 Å². The molecule has 0 atom stereocenters. The number of pyridine rings is 1. The van der Waals surface area contributed by atoms with Crippen LogP contribution < -0.4 is 4.90 Å². The van der Waals surface area contributed by atoms with E-state index in [9.17, 15) is 0 Å². The van der Waals surface area contributed by atoms with Gasteiger partial charge in [-0.05, 0) is 71.5 Å². The molecule has 2 aliphatic heterocycles. The van der Waals surface area contributed by atoms with Gasteiger partial charge in [-0.25, -0.2) is 9.56 Å². The molecule has 4 heterocycles. The minimum Gasteiger partial charge on any atom is -0.294 e. The molecule has 0 amide bonds. The van der Waals surface area contributed by atoms with Crippen molar-refractivity contribution in [1.29, 1.82) is 0 Å². The maximum atomic E-state index is 5.43. The van der Waals surface area contributed by atoms with Crippen molar-refractivity contribution in [3.05, 3.63) is 144 Å². The van der Waals surface area contributed by atoms with Gasteiger partial charge in [-0.2, -0.15) is 0 Å². The monoisotopic (exact) mass is 567 g/mol. The summed E-state index contributed by atoms with van der Waals surface area (Å²) in [4.78, 5) is 7.81. The Labute approximate surface area is 256 Å². The molecule has 0 unspecified atom stereocenters. The van der Waals surface area contributed by atoms with Crippen molar-refractivity contribution >= 4 is 50.9 Å². The van der Waals surface area contributed by atoms with Crippen LogP contribution in [0.3, 0.4) is 0 Å². The van der Waals surface area contributed by atoms with E-state index in [2.05, 4.69) is 155 Å². The van der Waals surface area contributed by atoms with Crippen molar-refractivity contribution in [2.45, 2.75) is 19.3 Å². The number of aryl methyl sites for hydroxylation is 2. The molecule has 2 aromatic heterocycles. The third-order valence-corrected chi connectivity index (χ3v) is 9.39. The number of hydrogen-bond donors (Lipinski definition) is 0. The Hall–Kier alpha value is -5.48. The van der Waals surface area contributed by atoms with Crippen LogP contribution in [-0.4, -0.2) is 27.4 Å². The Balaban J connectivity index is 1.26. The molecule has 0 radical (unpaired) electrons. The van der Waals surface area contributed by atoms with E-state index < -0.39 is 0 Å². The molecule has 5 aromatic carbocycles. The summed E-state index contributed by atoms with van der Waals surface area (Å²) in [5, 5.41) is 2.48. The zero-order valence-corrected chi connectivity index (χ0v) is 24.6. The molecule has 210 valence electrons. The lowest BCUT2D eigenvalue weighted by atomic mass is 9.95. The normalized spacial score (nSPS) is 13.8. The molecular formula is C40H31N4+. The van der Waals surface area contributed by atoms with E-state index in [1.165, 1.54) is 55.7 Å². The van der Waals surface area contributed by atoms with Crippen molar-refractivity contribution < 1.29 is 4.58 Å². The van der Waals surface area contributed by atoms with Crippen molar-refractivity contribution in [3.8, 4) is 16.9 Å². The fraction of sp³-hybridized carbons (Fsp3) is 0.100. The largest absolute Gasteiger partial charge is 0.294 e. The second-order valence-electron chi connectivity index (χ2n) is 11.8. The minimum atomic E-state index is 0.916. The van der Waals surface area contributed by atoms with Gasteiger partial charge in [0.1, 0.15) is 24.9 Å². The number of hydrogen-bond acceptors (Lipinski definition) is 2. The summed E-state index contributed by atoms with van der Waals surface area (Å²) in [7, 11) is 2.14. The minimum absolute atomic E-state index is 0.916. The Morgan fingerprint density at radius 2 is 1.30 bits per heavy atom. The highest BCUT2D eigenvalue weighted by Gasteiger charge is 2.26. The first kappa shape index (κ1) is 25.1. The summed E-state index contributed by atoms with van der Waals surface area (Å²) < 4.78 is 4.55. The van der Waals surface area contributed by atoms with Crippen LogP contribution in [0.25, 0.3) is 38.8 Å². The van der Waals surface area contributed by atoms with Gasteiger partial charge in [0, 0.05) is 22.4 Å². The van der Waals surface area contributed by atoms with E-state index in [0.29, 0.717) is 0 Å². The smallest absolute Gasteiger partial charge is 0.209 e. The molecule has 2 aliphatic rings. The second kappa shape index (κ2) is 9.78. The summed E-state index contributed by atoms with van der Waals surface area (Å²) in [6.45, 7) is 0. The van der Waals surface area contributed by atoms with Gasteiger partial charge in [0.25, 0.3) is 0 Å². The van der Waals surface area contributed by atoms with Crippen LogP contribution >= 0.6 is 0 Å². The fourth-order valence-electron chi connectivity index (χ4n) is 7.28. The van der Waals surface area contributed by atoms with Gasteiger partial charge in [0.2, 0.25) is 5.69 Å². The molecule has 0 fully saturated rings. The van der Waals surface area contributed by atoms with Gasteiger partial charge in [-0.3, -0.25) is 9.47 Å². The van der Waals surface area contributed by atoms with Gasteiger partial charge in [0.15, 0.2) is 0 Å². The van der Waals surface area contributed by atoms with E-state index in [1.54, 1.807) is 0 Å². The molecule has 9 rings (SSSR count). The maximum absolute atomic E-state index is 5.43. The highest BCUT2D eigenvalue weighted by molar-refractivity contribution is 6.09. The summed E-state index contributed by atoms with van der Waals surface area (Å²) in [6, 6.07) is 46.2. The fourth-order valence-corrected chi connectivity index (χ4v) is 7.28. The number of nitrogens with zero attached hydrogens (tertiary/aromatic N) is 4. The standard InChI is InChI=1S/C40H31N4/c1-42-25-24-33-30(13-8-17-35(33)42)29-23-22-28-21-20-27-10-2-5-14-34(27)43(38(28)26-29)39-18-9-19-40(41-39)44-36-15-6-3-11-31(36)32-12-4-7-16-37(32)44/h2-19,22-23,25-26H,20-21,24H2,1H3/q+1. The van der Waals surface area contributed by atoms with E-state index in [1.807, 2.05) is 0 Å². The van der Waals surface area contributed by atoms with Crippen molar-refractivity contribution in [1.82, 2.24) is 9.55 Å². The summed E-state index contributed by atoms with van der Waals surface area (Å²) in [5.41, 5.74) is 12.6. The first-order valence-electron chi connectivity index (χ1n) is 15.4. The van der Waals surface area contributed by atoms with Gasteiger partial charge < -0.3 is 0 Å². The zero-order chi connectivity index (χ0) is 29.2. The number of anilines is 3. The lowest BCUT2D eigenvalue weighted by Gasteiger charge is -2.27. The number of aromatic nitrogens is 2. The Morgan fingerprint density at radius 1 is 0.614 bits per heavy atom. The van der Waals surface area contributed by atoms with Crippen LogP contribution in [0.4, 0.5) is 22.9 Å².